The summed E-state index contributed by atoms with van der Waals surface area (Å²) in [7, 11) is 0. The summed E-state index contributed by atoms with van der Waals surface area (Å²) in [6, 6.07) is 18.1. The van der Waals surface area contributed by atoms with Gasteiger partial charge in [-0.15, -0.1) is 5.10 Å². The van der Waals surface area contributed by atoms with E-state index in [4.69, 9.17) is 51.4 Å². The van der Waals surface area contributed by atoms with Crippen molar-refractivity contribution in [3.05, 3.63) is 91.9 Å². The molecule has 28 heavy (non-hydrogen) atoms. The van der Waals surface area contributed by atoms with Gasteiger partial charge in [0.2, 0.25) is 0 Å². The van der Waals surface area contributed by atoms with E-state index in [2.05, 4.69) is 10.3 Å². The van der Waals surface area contributed by atoms with Crippen LogP contribution in [0, 0.1) is 0 Å². The maximum atomic E-state index is 6.46. The second kappa shape index (κ2) is 8.10. The number of aliphatic imine (C=N–C) groups is 1. The van der Waals surface area contributed by atoms with Crippen LogP contribution in [0.25, 0.3) is 11.0 Å². The SMILES string of the molecule is Clc1ccc(C=NC(c2ccc(Cl)cc2Cl)n2nnc3ccccc32)c(Cl)c1. The maximum Gasteiger partial charge on any atom is 0.170 e. The van der Waals surface area contributed by atoms with Crippen LogP contribution in [0.2, 0.25) is 20.1 Å². The van der Waals surface area contributed by atoms with Crippen LogP contribution in [-0.4, -0.2) is 21.2 Å². The molecule has 0 aliphatic carbocycles. The van der Waals surface area contributed by atoms with Crippen LogP contribution < -0.4 is 0 Å². The van der Waals surface area contributed by atoms with Crippen LogP contribution in [-0.2, 0) is 0 Å². The van der Waals surface area contributed by atoms with Crippen molar-refractivity contribution < 1.29 is 0 Å². The predicted molar refractivity (Wildman–Crippen MR) is 116 cm³/mol. The van der Waals surface area contributed by atoms with Gasteiger partial charge in [0, 0.05) is 32.4 Å². The first-order chi connectivity index (χ1) is 13.5. The van der Waals surface area contributed by atoms with Gasteiger partial charge >= 0.3 is 0 Å². The number of para-hydroxylation sites is 1. The minimum atomic E-state index is -0.552. The van der Waals surface area contributed by atoms with Crippen LogP contribution in [0.3, 0.4) is 0 Å². The number of halogens is 4. The standard InChI is InChI=1S/C20H12Cl4N4/c21-13-6-5-12(16(23)9-13)11-25-20(15-8-7-14(22)10-17(15)24)28-19-4-2-1-3-18(19)26-27-28/h1-11,20H. The van der Waals surface area contributed by atoms with Gasteiger partial charge in [-0.05, 0) is 36.4 Å². The lowest BCUT2D eigenvalue weighted by molar-refractivity contribution is 0.543. The number of rotatable bonds is 4. The molecule has 1 unspecified atom stereocenters. The van der Waals surface area contributed by atoms with Gasteiger partial charge in [0.25, 0.3) is 0 Å². The average molecular weight is 450 g/mol. The summed E-state index contributed by atoms with van der Waals surface area (Å²) in [4.78, 5) is 4.72. The van der Waals surface area contributed by atoms with Gasteiger partial charge in [-0.1, -0.05) is 75.9 Å². The van der Waals surface area contributed by atoms with Gasteiger partial charge in [-0.3, -0.25) is 4.99 Å². The van der Waals surface area contributed by atoms with Crippen molar-refractivity contribution >= 4 is 63.7 Å². The highest BCUT2D eigenvalue weighted by atomic mass is 35.5. The van der Waals surface area contributed by atoms with Crippen molar-refractivity contribution in [2.24, 2.45) is 4.99 Å². The zero-order chi connectivity index (χ0) is 19.7. The van der Waals surface area contributed by atoms with Crippen molar-refractivity contribution in [2.45, 2.75) is 6.17 Å². The summed E-state index contributed by atoms with van der Waals surface area (Å²) in [6.45, 7) is 0. The molecule has 4 rings (SSSR count). The highest BCUT2D eigenvalue weighted by Crippen LogP contribution is 2.31. The lowest BCUT2D eigenvalue weighted by Gasteiger charge is -2.16. The summed E-state index contributed by atoms with van der Waals surface area (Å²) < 4.78 is 1.71. The van der Waals surface area contributed by atoms with Gasteiger partial charge in [-0.25, -0.2) is 4.68 Å². The molecular weight excluding hydrogens is 438 g/mol. The smallest absolute Gasteiger partial charge is 0.170 e. The van der Waals surface area contributed by atoms with Crippen LogP contribution in [0.5, 0.6) is 0 Å². The normalized spacial score (nSPS) is 12.7. The first-order valence-corrected chi connectivity index (χ1v) is 9.77. The maximum absolute atomic E-state index is 6.46. The summed E-state index contributed by atoms with van der Waals surface area (Å²) in [6.07, 6.45) is 1.12. The predicted octanol–water partition coefficient (Wildman–Crippen LogP) is 6.71. The molecule has 0 amide bonds. The van der Waals surface area contributed by atoms with Gasteiger partial charge in [0.15, 0.2) is 6.17 Å². The van der Waals surface area contributed by atoms with Crippen molar-refractivity contribution in [1.29, 1.82) is 0 Å². The van der Waals surface area contributed by atoms with Gasteiger partial charge in [0.05, 0.1) is 10.5 Å². The van der Waals surface area contributed by atoms with Crippen molar-refractivity contribution in [1.82, 2.24) is 15.0 Å². The van der Waals surface area contributed by atoms with E-state index in [0.717, 1.165) is 22.2 Å². The number of hydrogen-bond donors (Lipinski definition) is 0. The van der Waals surface area contributed by atoms with Crippen LogP contribution >= 0.6 is 46.4 Å². The fourth-order valence-electron chi connectivity index (χ4n) is 2.81. The van der Waals surface area contributed by atoms with Crippen molar-refractivity contribution in [3.63, 3.8) is 0 Å². The van der Waals surface area contributed by atoms with E-state index in [1.54, 1.807) is 41.2 Å². The topological polar surface area (TPSA) is 43.1 Å². The Morgan fingerprint density at radius 3 is 2.32 bits per heavy atom. The molecule has 0 spiro atoms. The average Bonchev–Trinajstić information content (AvgIpc) is 3.09. The summed E-state index contributed by atoms with van der Waals surface area (Å²) >= 11 is 24.8. The molecule has 0 fully saturated rings. The molecular formula is C20H12Cl4N4. The minimum absolute atomic E-state index is 0.483. The molecule has 0 saturated carbocycles. The van der Waals surface area contributed by atoms with E-state index in [1.807, 2.05) is 30.3 Å². The van der Waals surface area contributed by atoms with Crippen molar-refractivity contribution in [3.8, 4) is 0 Å². The molecule has 8 heteroatoms. The third-order valence-electron chi connectivity index (χ3n) is 4.17. The first-order valence-electron chi connectivity index (χ1n) is 8.26. The highest BCUT2D eigenvalue weighted by Gasteiger charge is 2.19. The molecule has 0 aliphatic heterocycles. The van der Waals surface area contributed by atoms with E-state index in [-0.39, 0.29) is 0 Å². The Bertz CT molecular complexity index is 1190. The molecule has 3 aromatic carbocycles. The molecule has 1 heterocycles. The third kappa shape index (κ3) is 3.87. The fraction of sp³-hybridized carbons (Fsp3) is 0.0500. The molecule has 4 nitrogen and oxygen atoms in total. The second-order valence-electron chi connectivity index (χ2n) is 6.01. The molecule has 0 saturated heterocycles. The Balaban J connectivity index is 1.85. The Labute approximate surface area is 181 Å². The summed E-state index contributed by atoms with van der Waals surface area (Å²) in [5.41, 5.74) is 3.06. The summed E-state index contributed by atoms with van der Waals surface area (Å²) in [5.74, 6) is 0. The first kappa shape index (κ1) is 19.2. The molecule has 0 radical (unpaired) electrons. The molecule has 140 valence electrons. The van der Waals surface area contributed by atoms with E-state index in [0.29, 0.717) is 20.1 Å². The van der Waals surface area contributed by atoms with Gasteiger partial charge in [0.1, 0.15) is 5.52 Å². The van der Waals surface area contributed by atoms with Crippen LogP contribution in [0.15, 0.2) is 65.7 Å². The molecule has 0 N–H and O–H groups in total. The molecule has 4 aromatic rings. The van der Waals surface area contributed by atoms with Gasteiger partial charge < -0.3 is 0 Å². The largest absolute Gasteiger partial charge is 0.261 e. The number of nitrogens with zero attached hydrogens (tertiary/aromatic N) is 4. The lowest BCUT2D eigenvalue weighted by Crippen LogP contribution is -2.11. The van der Waals surface area contributed by atoms with E-state index >= 15 is 0 Å². The number of fused-ring (bicyclic) bond motifs is 1. The molecule has 1 aromatic heterocycles. The molecule has 0 aliphatic rings. The summed E-state index contributed by atoms with van der Waals surface area (Å²) in [5, 5.41) is 10.6. The minimum Gasteiger partial charge on any atom is -0.261 e. The van der Waals surface area contributed by atoms with Gasteiger partial charge in [-0.2, -0.15) is 0 Å². The number of hydrogen-bond acceptors (Lipinski definition) is 3. The highest BCUT2D eigenvalue weighted by molar-refractivity contribution is 6.36. The Hall–Kier alpha value is -2.11. The number of benzene rings is 3. The van der Waals surface area contributed by atoms with Crippen LogP contribution in [0.1, 0.15) is 17.3 Å². The van der Waals surface area contributed by atoms with E-state index < -0.39 is 6.17 Å². The Morgan fingerprint density at radius 2 is 1.57 bits per heavy atom. The monoisotopic (exact) mass is 448 g/mol. The molecule has 0 bridgehead atoms. The van der Waals surface area contributed by atoms with Crippen molar-refractivity contribution in [2.75, 3.05) is 0 Å². The lowest BCUT2D eigenvalue weighted by atomic mass is 10.1. The fourth-order valence-corrected chi connectivity index (χ4v) is 3.77. The Kier molecular flexibility index (Phi) is 5.56. The van der Waals surface area contributed by atoms with E-state index in [1.165, 1.54) is 0 Å². The third-order valence-corrected chi connectivity index (χ3v) is 5.29. The van der Waals surface area contributed by atoms with Crippen LogP contribution in [0.4, 0.5) is 0 Å². The number of aromatic nitrogens is 3. The quantitative estimate of drug-likeness (QED) is 0.325. The molecule has 1 atom stereocenters. The second-order valence-corrected chi connectivity index (χ2v) is 7.69. The Morgan fingerprint density at radius 1 is 0.857 bits per heavy atom. The van der Waals surface area contributed by atoms with E-state index in [9.17, 15) is 0 Å². The zero-order valence-corrected chi connectivity index (χ0v) is 17.3. The zero-order valence-electron chi connectivity index (χ0n) is 14.2.